The van der Waals surface area contributed by atoms with Crippen LogP contribution in [0.5, 0.6) is 0 Å². The van der Waals surface area contributed by atoms with Gasteiger partial charge in [0, 0.05) is 5.25 Å². The Labute approximate surface area is 184 Å². The minimum atomic E-state index is -3.15. The van der Waals surface area contributed by atoms with Gasteiger partial charge < -0.3 is 4.90 Å². The standard InChI is InChI=1S/C20H18Cl2N2O3S2/c1-12-4-2-5-13(8-12)9-18(25)23-20-24(15-7-3-6-14(21)19(15)22)16-10-29(26,27)11-17(16)28-20/h2-8,16-17H,9-11H2,1H3/t16-,17-/m0/s1. The van der Waals surface area contributed by atoms with Crippen LogP contribution in [0.3, 0.4) is 0 Å². The molecule has 2 atom stereocenters. The van der Waals surface area contributed by atoms with Crippen LogP contribution in [-0.2, 0) is 21.1 Å². The average molecular weight is 469 g/mol. The van der Waals surface area contributed by atoms with Crippen molar-refractivity contribution in [1.29, 1.82) is 0 Å². The summed E-state index contributed by atoms with van der Waals surface area (Å²) in [5, 5.41) is 0.958. The quantitative estimate of drug-likeness (QED) is 0.676. The number of amidine groups is 1. The molecule has 0 bridgehead atoms. The Balaban J connectivity index is 1.68. The number of aryl methyl sites for hydroxylation is 1. The molecule has 2 saturated heterocycles. The SMILES string of the molecule is Cc1cccc(CC(=O)N=C2S[C@H]3CS(=O)(=O)C[C@@H]3N2c2cccc(Cl)c2Cl)c1. The van der Waals surface area contributed by atoms with E-state index in [4.69, 9.17) is 23.2 Å². The number of fused-ring (bicyclic) bond motifs is 1. The number of benzene rings is 2. The van der Waals surface area contributed by atoms with Crippen LogP contribution in [0.15, 0.2) is 47.5 Å². The number of carbonyl (C=O) groups excluding carboxylic acids is 1. The molecule has 0 N–H and O–H groups in total. The fraction of sp³-hybridized carbons (Fsp3) is 0.300. The van der Waals surface area contributed by atoms with Crippen molar-refractivity contribution >= 4 is 61.6 Å². The first-order valence-electron chi connectivity index (χ1n) is 9.01. The summed E-state index contributed by atoms with van der Waals surface area (Å²) in [5.41, 5.74) is 2.53. The van der Waals surface area contributed by atoms with Gasteiger partial charge in [-0.25, -0.2) is 8.42 Å². The second kappa shape index (κ2) is 7.95. The lowest BCUT2D eigenvalue weighted by atomic mass is 10.1. The average Bonchev–Trinajstić information content (AvgIpc) is 3.08. The van der Waals surface area contributed by atoms with Crippen molar-refractivity contribution in [3.05, 3.63) is 63.6 Å². The molecular formula is C20H18Cl2N2O3S2. The Morgan fingerprint density at radius 3 is 2.72 bits per heavy atom. The molecule has 2 fully saturated rings. The normalized spacial score (nSPS) is 24.1. The first-order valence-corrected chi connectivity index (χ1v) is 12.5. The number of sulfone groups is 1. The summed E-state index contributed by atoms with van der Waals surface area (Å²) in [6, 6.07) is 12.6. The molecule has 2 heterocycles. The maximum absolute atomic E-state index is 12.7. The highest BCUT2D eigenvalue weighted by molar-refractivity contribution is 8.16. The van der Waals surface area contributed by atoms with Gasteiger partial charge in [0.1, 0.15) is 0 Å². The zero-order valence-electron chi connectivity index (χ0n) is 15.5. The van der Waals surface area contributed by atoms with E-state index in [0.29, 0.717) is 20.9 Å². The van der Waals surface area contributed by atoms with Crippen LogP contribution < -0.4 is 4.90 Å². The van der Waals surface area contributed by atoms with Crippen LogP contribution >= 0.6 is 35.0 Å². The van der Waals surface area contributed by atoms with E-state index in [9.17, 15) is 13.2 Å². The molecule has 4 rings (SSSR count). The van der Waals surface area contributed by atoms with Crippen LogP contribution in [0, 0.1) is 6.92 Å². The minimum Gasteiger partial charge on any atom is -0.314 e. The molecule has 2 aliphatic heterocycles. The number of aliphatic imine (C=N–C) groups is 1. The van der Waals surface area contributed by atoms with Crippen LogP contribution in [0.2, 0.25) is 10.0 Å². The highest BCUT2D eigenvalue weighted by Gasteiger charge is 2.49. The van der Waals surface area contributed by atoms with Gasteiger partial charge in [-0.3, -0.25) is 4.79 Å². The van der Waals surface area contributed by atoms with Gasteiger partial charge >= 0.3 is 0 Å². The van der Waals surface area contributed by atoms with Crippen molar-refractivity contribution in [2.45, 2.75) is 24.6 Å². The van der Waals surface area contributed by atoms with Gasteiger partial charge in [0.05, 0.1) is 39.7 Å². The van der Waals surface area contributed by atoms with E-state index in [2.05, 4.69) is 4.99 Å². The van der Waals surface area contributed by atoms with E-state index >= 15 is 0 Å². The lowest BCUT2D eigenvalue weighted by Gasteiger charge is -2.25. The van der Waals surface area contributed by atoms with Gasteiger partial charge in [0.15, 0.2) is 15.0 Å². The third-order valence-electron chi connectivity index (χ3n) is 4.92. The first kappa shape index (κ1) is 20.7. The summed E-state index contributed by atoms with van der Waals surface area (Å²) >= 11 is 13.9. The number of amides is 1. The molecular weight excluding hydrogens is 451 g/mol. The Kier molecular flexibility index (Phi) is 5.68. The second-order valence-corrected chi connectivity index (χ2v) is 11.3. The maximum Gasteiger partial charge on any atom is 0.252 e. The molecule has 0 unspecified atom stereocenters. The molecule has 152 valence electrons. The fourth-order valence-corrected chi connectivity index (χ4v) is 7.98. The zero-order chi connectivity index (χ0) is 20.8. The predicted octanol–water partition coefficient (Wildman–Crippen LogP) is 4.15. The molecule has 2 aliphatic rings. The van der Waals surface area contributed by atoms with Crippen molar-refractivity contribution < 1.29 is 13.2 Å². The van der Waals surface area contributed by atoms with Gasteiger partial charge in [-0.05, 0) is 24.6 Å². The summed E-state index contributed by atoms with van der Waals surface area (Å²) < 4.78 is 24.3. The van der Waals surface area contributed by atoms with Crippen LogP contribution in [0.1, 0.15) is 11.1 Å². The van der Waals surface area contributed by atoms with E-state index in [1.165, 1.54) is 11.8 Å². The van der Waals surface area contributed by atoms with E-state index < -0.39 is 9.84 Å². The van der Waals surface area contributed by atoms with Crippen molar-refractivity contribution in [3.8, 4) is 0 Å². The van der Waals surface area contributed by atoms with E-state index in [0.717, 1.165) is 11.1 Å². The monoisotopic (exact) mass is 468 g/mol. The van der Waals surface area contributed by atoms with Gasteiger partial charge in [-0.15, -0.1) is 0 Å². The van der Waals surface area contributed by atoms with Crippen molar-refractivity contribution in [1.82, 2.24) is 0 Å². The van der Waals surface area contributed by atoms with Crippen molar-refractivity contribution in [3.63, 3.8) is 0 Å². The third-order valence-corrected chi connectivity index (χ3v) is 8.93. The zero-order valence-corrected chi connectivity index (χ0v) is 18.7. The van der Waals surface area contributed by atoms with Crippen LogP contribution in [0.4, 0.5) is 5.69 Å². The third kappa shape index (κ3) is 4.33. The molecule has 2 aromatic rings. The highest BCUT2D eigenvalue weighted by atomic mass is 35.5. The smallest absolute Gasteiger partial charge is 0.252 e. The molecule has 0 radical (unpaired) electrons. The van der Waals surface area contributed by atoms with E-state index in [1.54, 1.807) is 23.1 Å². The number of carbonyl (C=O) groups is 1. The van der Waals surface area contributed by atoms with Crippen molar-refractivity contribution in [2.24, 2.45) is 4.99 Å². The molecule has 5 nitrogen and oxygen atoms in total. The molecule has 2 aromatic carbocycles. The summed E-state index contributed by atoms with van der Waals surface area (Å²) in [6.07, 6.45) is 0.177. The first-order chi connectivity index (χ1) is 13.7. The summed E-state index contributed by atoms with van der Waals surface area (Å²) in [4.78, 5) is 18.7. The summed E-state index contributed by atoms with van der Waals surface area (Å²) in [5.74, 6) is -0.232. The van der Waals surface area contributed by atoms with Crippen LogP contribution in [0.25, 0.3) is 0 Å². The predicted molar refractivity (Wildman–Crippen MR) is 120 cm³/mol. The largest absolute Gasteiger partial charge is 0.314 e. The fourth-order valence-electron chi connectivity index (χ4n) is 3.67. The number of anilines is 1. The Hall–Kier alpha value is -1.54. The number of halogens is 2. The highest BCUT2D eigenvalue weighted by Crippen LogP contribution is 2.44. The van der Waals surface area contributed by atoms with E-state index in [-0.39, 0.29) is 35.1 Å². The van der Waals surface area contributed by atoms with Gasteiger partial charge in [-0.1, -0.05) is 70.9 Å². The summed E-state index contributed by atoms with van der Waals surface area (Å²) in [6.45, 7) is 1.97. The van der Waals surface area contributed by atoms with Gasteiger partial charge in [0.2, 0.25) is 0 Å². The lowest BCUT2D eigenvalue weighted by molar-refractivity contribution is -0.117. The molecule has 0 spiro atoms. The number of hydrogen-bond donors (Lipinski definition) is 0. The summed E-state index contributed by atoms with van der Waals surface area (Å²) in [7, 11) is -3.15. The van der Waals surface area contributed by atoms with Gasteiger partial charge in [0.25, 0.3) is 5.91 Å². The molecule has 0 aliphatic carbocycles. The lowest BCUT2D eigenvalue weighted by Crippen LogP contribution is -2.38. The molecule has 0 aromatic heterocycles. The number of hydrogen-bond acceptors (Lipinski definition) is 4. The number of thioether (sulfide) groups is 1. The van der Waals surface area contributed by atoms with Crippen molar-refractivity contribution in [2.75, 3.05) is 16.4 Å². The Morgan fingerprint density at radius 1 is 1.21 bits per heavy atom. The number of nitrogens with zero attached hydrogens (tertiary/aromatic N) is 2. The Bertz CT molecular complexity index is 1120. The number of rotatable bonds is 3. The maximum atomic E-state index is 12.7. The molecule has 29 heavy (non-hydrogen) atoms. The minimum absolute atomic E-state index is 0.00139. The molecule has 1 amide bonds. The second-order valence-electron chi connectivity index (χ2n) is 7.20. The van der Waals surface area contributed by atoms with E-state index in [1.807, 2.05) is 31.2 Å². The van der Waals surface area contributed by atoms with Gasteiger partial charge in [-0.2, -0.15) is 4.99 Å². The molecule has 0 saturated carbocycles. The Morgan fingerprint density at radius 2 is 1.97 bits per heavy atom. The van der Waals surface area contributed by atoms with Crippen LogP contribution in [-0.4, -0.2) is 42.3 Å². The topological polar surface area (TPSA) is 66.8 Å². The molecule has 9 heteroatoms.